The molecule has 0 radical (unpaired) electrons. The standard InChI is InChI=1S/C17H22O12/c1-24-13(22)4-3-25-14(7-6(4)11-12(27-11)17(7)16(23)29-17)28-15-10(21)9(20)8(19)5(2-18)26-15/h3,5-12,14-16,18-21,23H,2H2,1H3/t5-,6?,7?,8-,9+,10-,11+,12+,14+,15+,16+,17-/m1/s1. The number of ether oxygens (including phenoxy) is 6. The van der Waals surface area contributed by atoms with E-state index in [4.69, 9.17) is 28.4 Å². The van der Waals surface area contributed by atoms with E-state index in [9.17, 15) is 30.3 Å². The quantitative estimate of drug-likeness (QED) is 0.223. The monoisotopic (exact) mass is 418 g/mol. The maximum Gasteiger partial charge on any atom is 0.337 e. The van der Waals surface area contributed by atoms with Gasteiger partial charge in [-0.25, -0.2) is 4.79 Å². The first-order valence-corrected chi connectivity index (χ1v) is 9.26. The number of carbonyl (C=O) groups is 1. The summed E-state index contributed by atoms with van der Waals surface area (Å²) in [4.78, 5) is 12.2. The molecule has 4 heterocycles. The minimum Gasteiger partial charge on any atom is -0.471 e. The molecule has 4 aliphatic heterocycles. The van der Waals surface area contributed by atoms with Gasteiger partial charge in [0.1, 0.15) is 30.5 Å². The Morgan fingerprint density at radius 2 is 1.86 bits per heavy atom. The van der Waals surface area contributed by atoms with Crippen molar-refractivity contribution in [3.8, 4) is 0 Å². The smallest absolute Gasteiger partial charge is 0.337 e. The Morgan fingerprint density at radius 1 is 1.14 bits per heavy atom. The van der Waals surface area contributed by atoms with Gasteiger partial charge in [-0.3, -0.25) is 0 Å². The van der Waals surface area contributed by atoms with Crippen LogP contribution in [0, 0.1) is 11.8 Å². The van der Waals surface area contributed by atoms with Crippen molar-refractivity contribution in [1.29, 1.82) is 0 Å². The minimum atomic E-state index is -1.63. The summed E-state index contributed by atoms with van der Waals surface area (Å²) in [5.41, 5.74) is -0.931. The Kier molecular flexibility index (Phi) is 4.44. The van der Waals surface area contributed by atoms with Crippen molar-refractivity contribution in [3.05, 3.63) is 11.8 Å². The molecule has 5 aliphatic rings. The summed E-state index contributed by atoms with van der Waals surface area (Å²) >= 11 is 0. The van der Waals surface area contributed by atoms with Crippen LogP contribution in [0.15, 0.2) is 11.8 Å². The number of aliphatic hydroxyl groups is 5. The van der Waals surface area contributed by atoms with Gasteiger partial charge in [0.05, 0.1) is 37.6 Å². The highest BCUT2D eigenvalue weighted by atomic mass is 16.8. The SMILES string of the molecule is COC(=O)C1=CO[C@@H](O[C@@H]2O[C@H](CO)[C@@H](O)[C@H](O)[C@H]2O)C2C1[C@@H]1O[C@@H]1[C@]21O[C@@H]1O. The van der Waals surface area contributed by atoms with Crippen LogP contribution in [-0.2, 0) is 33.2 Å². The number of hydrogen-bond donors (Lipinski definition) is 5. The van der Waals surface area contributed by atoms with Crippen molar-refractivity contribution in [3.63, 3.8) is 0 Å². The van der Waals surface area contributed by atoms with Crippen LogP contribution < -0.4 is 0 Å². The third kappa shape index (κ3) is 2.62. The van der Waals surface area contributed by atoms with E-state index in [0.717, 1.165) is 0 Å². The third-order valence-corrected chi connectivity index (χ3v) is 6.40. The summed E-state index contributed by atoms with van der Waals surface area (Å²) in [7, 11) is 1.23. The second-order valence-electron chi connectivity index (χ2n) is 7.80. The molecular weight excluding hydrogens is 396 g/mol. The molecule has 12 heteroatoms. The average Bonchev–Trinajstić information content (AvgIpc) is 3.61. The molecule has 0 aromatic carbocycles. The zero-order valence-corrected chi connectivity index (χ0v) is 15.2. The summed E-state index contributed by atoms with van der Waals surface area (Å²) in [5.74, 6) is -1.85. The van der Waals surface area contributed by atoms with Gasteiger partial charge in [-0.1, -0.05) is 0 Å². The lowest BCUT2D eigenvalue weighted by molar-refractivity contribution is -0.344. The van der Waals surface area contributed by atoms with Crippen molar-refractivity contribution < 1.29 is 58.7 Å². The predicted molar refractivity (Wildman–Crippen MR) is 85.3 cm³/mol. The van der Waals surface area contributed by atoms with Gasteiger partial charge < -0.3 is 54.0 Å². The lowest BCUT2D eigenvalue weighted by atomic mass is 9.81. The second kappa shape index (κ2) is 6.57. The maximum absolute atomic E-state index is 12.2. The lowest BCUT2D eigenvalue weighted by Gasteiger charge is -2.43. The Hall–Kier alpha value is -1.35. The molecule has 4 fully saturated rings. The highest BCUT2D eigenvalue weighted by Gasteiger charge is 2.85. The number of rotatable bonds is 4. The van der Waals surface area contributed by atoms with Gasteiger partial charge in [0, 0.05) is 5.92 Å². The van der Waals surface area contributed by atoms with Crippen LogP contribution >= 0.6 is 0 Å². The van der Waals surface area contributed by atoms with Crippen molar-refractivity contribution >= 4 is 5.97 Å². The van der Waals surface area contributed by atoms with Gasteiger partial charge in [0.15, 0.2) is 18.2 Å². The number of methoxy groups -OCH3 is 1. The third-order valence-electron chi connectivity index (χ3n) is 6.40. The van der Waals surface area contributed by atoms with Crippen LogP contribution in [0.5, 0.6) is 0 Å². The molecule has 1 saturated carbocycles. The van der Waals surface area contributed by atoms with Gasteiger partial charge >= 0.3 is 5.97 Å². The number of hydrogen-bond acceptors (Lipinski definition) is 12. The molecule has 0 aromatic rings. The molecular formula is C17H22O12. The number of fused-ring (bicyclic) bond motifs is 5. The number of aliphatic hydroxyl groups excluding tert-OH is 5. The van der Waals surface area contributed by atoms with Crippen molar-refractivity contribution in [2.45, 2.75) is 61.1 Å². The fourth-order valence-corrected chi connectivity index (χ4v) is 4.83. The fourth-order valence-electron chi connectivity index (χ4n) is 4.83. The summed E-state index contributed by atoms with van der Waals surface area (Å²) < 4.78 is 32.5. The van der Waals surface area contributed by atoms with Crippen LogP contribution in [0.1, 0.15) is 0 Å². The van der Waals surface area contributed by atoms with E-state index < -0.39 is 85.5 Å². The molecule has 2 unspecified atom stereocenters. The summed E-state index contributed by atoms with van der Waals surface area (Å²) in [5, 5.41) is 49.6. The molecule has 3 saturated heterocycles. The zero-order chi connectivity index (χ0) is 20.7. The van der Waals surface area contributed by atoms with E-state index in [1.165, 1.54) is 13.4 Å². The zero-order valence-electron chi connectivity index (χ0n) is 15.2. The van der Waals surface area contributed by atoms with E-state index in [1.54, 1.807) is 0 Å². The molecule has 5 N–H and O–H groups in total. The molecule has 162 valence electrons. The minimum absolute atomic E-state index is 0.207. The molecule has 0 aromatic heterocycles. The van der Waals surface area contributed by atoms with Gasteiger partial charge in [-0.15, -0.1) is 0 Å². The van der Waals surface area contributed by atoms with E-state index in [0.29, 0.717) is 0 Å². The fraction of sp³-hybridized carbons (Fsp3) is 0.824. The Bertz CT molecular complexity index is 725. The topological polar surface area (TPSA) is 180 Å². The average molecular weight is 418 g/mol. The molecule has 12 nitrogen and oxygen atoms in total. The van der Waals surface area contributed by atoms with Crippen molar-refractivity contribution in [2.24, 2.45) is 11.8 Å². The van der Waals surface area contributed by atoms with E-state index in [-0.39, 0.29) is 5.57 Å². The highest BCUT2D eigenvalue weighted by molar-refractivity contribution is 5.89. The Morgan fingerprint density at radius 3 is 2.48 bits per heavy atom. The molecule has 29 heavy (non-hydrogen) atoms. The molecule has 12 atom stereocenters. The van der Waals surface area contributed by atoms with Crippen molar-refractivity contribution in [2.75, 3.05) is 13.7 Å². The first kappa shape index (κ1) is 19.6. The van der Waals surface area contributed by atoms with Crippen LogP contribution in [0.25, 0.3) is 0 Å². The number of epoxide rings is 2. The maximum atomic E-state index is 12.2. The highest BCUT2D eigenvalue weighted by Crippen LogP contribution is 2.67. The summed E-state index contributed by atoms with van der Waals surface area (Å²) in [6.07, 6.45) is -9.35. The normalized spacial score (nSPS) is 54.8. The van der Waals surface area contributed by atoms with Crippen molar-refractivity contribution in [1.82, 2.24) is 0 Å². The second-order valence-corrected chi connectivity index (χ2v) is 7.80. The molecule has 1 spiro atoms. The van der Waals surface area contributed by atoms with Gasteiger partial charge in [-0.2, -0.15) is 0 Å². The van der Waals surface area contributed by atoms with E-state index in [1.807, 2.05) is 0 Å². The lowest BCUT2D eigenvalue weighted by Crippen LogP contribution is -2.60. The van der Waals surface area contributed by atoms with Crippen LogP contribution in [0.3, 0.4) is 0 Å². The first-order valence-electron chi connectivity index (χ1n) is 9.26. The van der Waals surface area contributed by atoms with E-state index >= 15 is 0 Å². The summed E-state index contributed by atoms with van der Waals surface area (Å²) in [6, 6.07) is 0. The molecule has 5 rings (SSSR count). The van der Waals surface area contributed by atoms with Gasteiger partial charge in [0.2, 0.25) is 6.29 Å². The van der Waals surface area contributed by atoms with Crippen LogP contribution in [-0.4, -0.2) is 106 Å². The predicted octanol–water partition coefficient (Wildman–Crippen LogP) is -3.68. The van der Waals surface area contributed by atoms with Crippen LogP contribution in [0.2, 0.25) is 0 Å². The first-order chi connectivity index (χ1) is 13.8. The summed E-state index contributed by atoms with van der Waals surface area (Å²) in [6.45, 7) is -0.613. The Balaban J connectivity index is 1.42. The van der Waals surface area contributed by atoms with Gasteiger partial charge in [-0.05, 0) is 0 Å². The molecule has 1 aliphatic carbocycles. The number of esters is 1. The van der Waals surface area contributed by atoms with Crippen LogP contribution in [0.4, 0.5) is 0 Å². The number of carbonyl (C=O) groups excluding carboxylic acids is 1. The van der Waals surface area contributed by atoms with E-state index in [2.05, 4.69) is 0 Å². The Labute approximate surface area is 164 Å². The molecule has 0 amide bonds. The van der Waals surface area contributed by atoms with Gasteiger partial charge in [0.25, 0.3) is 0 Å². The largest absolute Gasteiger partial charge is 0.471 e. The molecule has 0 bridgehead atoms.